The first-order valence-corrected chi connectivity index (χ1v) is 10.3. The fourth-order valence-electron chi connectivity index (χ4n) is 3.70. The summed E-state index contributed by atoms with van der Waals surface area (Å²) in [5.74, 6) is -0.904. The second-order valence-electron chi connectivity index (χ2n) is 7.95. The largest absolute Gasteiger partial charge is 0.340 e. The third-order valence-corrected chi connectivity index (χ3v) is 5.23. The predicted octanol–water partition coefficient (Wildman–Crippen LogP) is 3.79. The van der Waals surface area contributed by atoms with Crippen molar-refractivity contribution in [2.24, 2.45) is 5.92 Å². The number of carbonyl (C=O) groups excluding carboxylic acids is 3. The number of fused-ring (bicyclic) bond motifs is 1. The van der Waals surface area contributed by atoms with Gasteiger partial charge in [-0.05, 0) is 49.2 Å². The van der Waals surface area contributed by atoms with Gasteiger partial charge in [0.25, 0.3) is 11.8 Å². The van der Waals surface area contributed by atoms with E-state index in [9.17, 15) is 14.4 Å². The van der Waals surface area contributed by atoms with Crippen LogP contribution in [0.15, 0.2) is 60.9 Å². The van der Waals surface area contributed by atoms with Gasteiger partial charge in [-0.15, -0.1) is 0 Å². The number of rotatable bonds is 6. The average Bonchev–Trinajstić information content (AvgIpc) is 3.01. The van der Waals surface area contributed by atoms with E-state index in [4.69, 9.17) is 0 Å². The summed E-state index contributed by atoms with van der Waals surface area (Å²) < 4.78 is 0. The van der Waals surface area contributed by atoms with E-state index in [1.165, 1.54) is 6.33 Å². The molecule has 1 aromatic heterocycles. The Morgan fingerprint density at radius 3 is 2.06 bits per heavy atom. The lowest BCUT2D eigenvalue weighted by atomic mass is 10.0. The minimum absolute atomic E-state index is 0.265. The highest BCUT2D eigenvalue weighted by molar-refractivity contribution is 6.23. The van der Waals surface area contributed by atoms with Crippen LogP contribution in [0.5, 0.6) is 0 Å². The molecule has 1 unspecified atom stereocenters. The Morgan fingerprint density at radius 2 is 1.50 bits per heavy atom. The molecule has 0 bridgehead atoms. The molecule has 4 rings (SSSR count). The lowest BCUT2D eigenvalue weighted by Gasteiger charge is -2.28. The Bertz CT molecular complexity index is 1160. The second kappa shape index (κ2) is 8.58. The van der Waals surface area contributed by atoms with E-state index in [2.05, 4.69) is 20.6 Å². The van der Waals surface area contributed by atoms with Crippen molar-refractivity contribution in [3.63, 3.8) is 0 Å². The molecule has 3 aromatic rings. The van der Waals surface area contributed by atoms with E-state index in [0.717, 1.165) is 16.3 Å². The lowest BCUT2D eigenvalue weighted by Crippen LogP contribution is -2.50. The summed E-state index contributed by atoms with van der Waals surface area (Å²) in [6.45, 7) is 5.50. The Morgan fingerprint density at radius 1 is 0.906 bits per heavy atom. The molecule has 32 heavy (non-hydrogen) atoms. The fraction of sp³-hybridized carbons (Fsp3) is 0.208. The van der Waals surface area contributed by atoms with E-state index in [1.54, 1.807) is 48.5 Å². The zero-order chi connectivity index (χ0) is 22.8. The molecular weight excluding hydrogens is 406 g/mol. The van der Waals surface area contributed by atoms with Gasteiger partial charge in [0.15, 0.2) is 0 Å². The molecule has 2 heterocycles. The molecule has 3 amide bonds. The van der Waals surface area contributed by atoms with Gasteiger partial charge in [0.1, 0.15) is 18.2 Å². The molecule has 1 aliphatic heterocycles. The molecule has 1 aliphatic rings. The zero-order valence-corrected chi connectivity index (χ0v) is 18.0. The first kappa shape index (κ1) is 21.2. The van der Waals surface area contributed by atoms with E-state index >= 15 is 0 Å². The van der Waals surface area contributed by atoms with Crippen LogP contribution in [0.25, 0.3) is 0 Å². The summed E-state index contributed by atoms with van der Waals surface area (Å²) in [7, 11) is 0. The standard InChI is InChI=1S/C24H23N5O3/c1-14(2)21(29-23(31)18-6-4-5-7-19(18)24(29)32)22(30)28-17-10-8-16(9-11-17)27-20-12-15(3)25-13-26-20/h4-14,21H,1-3H3,(H,28,30)(H,25,26,27). The van der Waals surface area contributed by atoms with Crippen LogP contribution in [0.4, 0.5) is 17.2 Å². The highest BCUT2D eigenvalue weighted by Gasteiger charge is 2.43. The van der Waals surface area contributed by atoms with E-state index in [-0.39, 0.29) is 5.92 Å². The summed E-state index contributed by atoms with van der Waals surface area (Å²) in [6.07, 6.45) is 1.48. The monoisotopic (exact) mass is 429 g/mol. The first-order chi connectivity index (χ1) is 15.3. The van der Waals surface area contributed by atoms with Gasteiger partial charge in [-0.3, -0.25) is 19.3 Å². The Balaban J connectivity index is 1.49. The van der Waals surface area contributed by atoms with Crippen molar-refractivity contribution in [3.8, 4) is 0 Å². The van der Waals surface area contributed by atoms with Crippen LogP contribution in [0, 0.1) is 12.8 Å². The zero-order valence-electron chi connectivity index (χ0n) is 18.0. The van der Waals surface area contributed by atoms with E-state index < -0.39 is 23.8 Å². The lowest BCUT2D eigenvalue weighted by molar-refractivity contribution is -0.121. The number of carbonyl (C=O) groups is 3. The third-order valence-electron chi connectivity index (χ3n) is 5.23. The van der Waals surface area contributed by atoms with Gasteiger partial charge in [0.05, 0.1) is 11.1 Å². The number of aryl methyl sites for hydroxylation is 1. The molecule has 1 atom stereocenters. The Hall–Kier alpha value is -4.07. The highest BCUT2D eigenvalue weighted by Crippen LogP contribution is 2.28. The molecule has 0 aliphatic carbocycles. The maximum atomic E-state index is 13.1. The van der Waals surface area contributed by atoms with Crippen molar-refractivity contribution in [1.82, 2.24) is 14.9 Å². The molecule has 2 N–H and O–H groups in total. The molecule has 0 saturated heterocycles. The van der Waals surface area contributed by atoms with Crippen LogP contribution < -0.4 is 10.6 Å². The number of nitrogens with one attached hydrogen (secondary N) is 2. The summed E-state index contributed by atoms with van der Waals surface area (Å²) in [4.78, 5) is 48.1. The molecule has 2 aromatic carbocycles. The van der Waals surface area contributed by atoms with Crippen molar-refractivity contribution in [3.05, 3.63) is 77.7 Å². The smallest absolute Gasteiger partial charge is 0.262 e. The van der Waals surface area contributed by atoms with Crippen LogP contribution >= 0.6 is 0 Å². The van der Waals surface area contributed by atoms with Gasteiger partial charge < -0.3 is 10.6 Å². The number of aromatic nitrogens is 2. The topological polar surface area (TPSA) is 104 Å². The van der Waals surface area contributed by atoms with E-state index in [1.807, 2.05) is 26.8 Å². The molecule has 0 spiro atoms. The number of hydrogen-bond acceptors (Lipinski definition) is 6. The van der Waals surface area contributed by atoms with Crippen molar-refractivity contribution in [2.45, 2.75) is 26.8 Å². The Kier molecular flexibility index (Phi) is 5.68. The van der Waals surface area contributed by atoms with Gasteiger partial charge in [-0.1, -0.05) is 26.0 Å². The number of anilines is 3. The minimum Gasteiger partial charge on any atom is -0.340 e. The van der Waals surface area contributed by atoms with Crippen LogP contribution in [0.2, 0.25) is 0 Å². The molecular formula is C24H23N5O3. The normalized spacial score (nSPS) is 13.8. The van der Waals surface area contributed by atoms with E-state index in [0.29, 0.717) is 22.6 Å². The molecule has 0 radical (unpaired) electrons. The van der Waals surface area contributed by atoms with Crippen molar-refractivity contribution in [1.29, 1.82) is 0 Å². The number of amides is 3. The molecule has 0 fully saturated rings. The molecule has 162 valence electrons. The summed E-state index contributed by atoms with van der Waals surface area (Å²) in [6, 6.07) is 14.6. The average molecular weight is 429 g/mol. The molecule has 8 heteroatoms. The first-order valence-electron chi connectivity index (χ1n) is 10.3. The number of hydrogen-bond donors (Lipinski definition) is 2. The highest BCUT2D eigenvalue weighted by atomic mass is 16.2. The molecule has 8 nitrogen and oxygen atoms in total. The van der Waals surface area contributed by atoms with Crippen LogP contribution in [-0.2, 0) is 4.79 Å². The second-order valence-corrected chi connectivity index (χ2v) is 7.95. The van der Waals surface area contributed by atoms with Gasteiger partial charge in [0.2, 0.25) is 5.91 Å². The van der Waals surface area contributed by atoms with Gasteiger partial charge in [0, 0.05) is 23.1 Å². The quantitative estimate of drug-likeness (QED) is 0.578. The fourth-order valence-corrected chi connectivity index (χ4v) is 3.70. The Labute approximate surface area is 185 Å². The number of imide groups is 1. The SMILES string of the molecule is Cc1cc(Nc2ccc(NC(=O)C(C(C)C)N3C(=O)c4ccccc4C3=O)cc2)ncn1. The van der Waals surface area contributed by atoms with Crippen LogP contribution in [-0.4, -0.2) is 38.6 Å². The van der Waals surface area contributed by atoms with Crippen molar-refractivity contribution >= 4 is 34.9 Å². The van der Waals surface area contributed by atoms with Gasteiger partial charge in [-0.25, -0.2) is 9.97 Å². The molecule has 0 saturated carbocycles. The maximum absolute atomic E-state index is 13.1. The summed E-state index contributed by atoms with van der Waals surface area (Å²) in [5.41, 5.74) is 2.85. The summed E-state index contributed by atoms with van der Waals surface area (Å²) in [5, 5.41) is 6.00. The summed E-state index contributed by atoms with van der Waals surface area (Å²) >= 11 is 0. The van der Waals surface area contributed by atoms with Crippen LogP contribution in [0.3, 0.4) is 0 Å². The van der Waals surface area contributed by atoms with Gasteiger partial charge in [-0.2, -0.15) is 0 Å². The number of benzene rings is 2. The number of nitrogens with zero attached hydrogens (tertiary/aromatic N) is 3. The maximum Gasteiger partial charge on any atom is 0.262 e. The predicted molar refractivity (Wildman–Crippen MR) is 121 cm³/mol. The minimum atomic E-state index is -0.927. The van der Waals surface area contributed by atoms with Crippen LogP contribution in [0.1, 0.15) is 40.3 Å². The van der Waals surface area contributed by atoms with Crippen molar-refractivity contribution < 1.29 is 14.4 Å². The third kappa shape index (κ3) is 4.07. The van der Waals surface area contributed by atoms with Crippen molar-refractivity contribution in [2.75, 3.05) is 10.6 Å². The van der Waals surface area contributed by atoms with Gasteiger partial charge >= 0.3 is 0 Å².